The van der Waals surface area contributed by atoms with E-state index < -0.39 is 0 Å². The molecule has 0 bridgehead atoms. The maximum atomic E-state index is 4.00. The van der Waals surface area contributed by atoms with Gasteiger partial charge in [-0.25, -0.2) is 0 Å². The highest BCUT2D eigenvalue weighted by Gasteiger charge is 1.76. The van der Waals surface area contributed by atoms with Gasteiger partial charge in [0.25, 0.3) is 0 Å². The van der Waals surface area contributed by atoms with Gasteiger partial charge >= 0.3 is 0 Å². The van der Waals surface area contributed by atoms with Crippen LogP contribution in [-0.2, 0) is 0 Å². The summed E-state index contributed by atoms with van der Waals surface area (Å²) in [6.07, 6.45) is 0. The summed E-state index contributed by atoms with van der Waals surface area (Å²) in [4.78, 5) is 0. The first kappa shape index (κ1) is 9.99. The van der Waals surface area contributed by atoms with Crippen LogP contribution in [0.5, 0.6) is 0 Å². The van der Waals surface area contributed by atoms with Gasteiger partial charge < -0.3 is 5.32 Å². The van der Waals surface area contributed by atoms with Crippen molar-refractivity contribution in [3.8, 4) is 0 Å². The van der Waals surface area contributed by atoms with Crippen LogP contribution < -0.4 is 17.0 Å². The summed E-state index contributed by atoms with van der Waals surface area (Å²) < 4.78 is 0. The topological polar surface area (TPSA) is 64.1 Å². The van der Waals surface area contributed by atoms with Gasteiger partial charge in [-0.1, -0.05) is 13.8 Å². The quantitative estimate of drug-likeness (QED) is 0.309. The van der Waals surface area contributed by atoms with E-state index in [-0.39, 0.29) is 0 Å². The van der Waals surface area contributed by atoms with E-state index in [2.05, 4.69) is 30.8 Å². The molecule has 46 valence electrons. The van der Waals surface area contributed by atoms with Crippen LogP contribution in [-0.4, -0.2) is 13.1 Å². The summed E-state index contributed by atoms with van der Waals surface area (Å²) in [5.74, 6) is 8.00. The summed E-state index contributed by atoms with van der Waals surface area (Å²) >= 11 is 0. The number of hydrogen-bond acceptors (Lipinski definition) is 3. The minimum absolute atomic E-state index is 0.634. The van der Waals surface area contributed by atoms with Crippen LogP contribution in [0.4, 0.5) is 0 Å². The van der Waals surface area contributed by atoms with E-state index in [4.69, 9.17) is 0 Å². The van der Waals surface area contributed by atoms with Crippen molar-refractivity contribution in [1.29, 1.82) is 0 Å². The number of rotatable bonds is 1. The largest absolute Gasteiger partial charge is 0.318 e. The van der Waals surface area contributed by atoms with E-state index in [0.717, 1.165) is 0 Å². The summed E-state index contributed by atoms with van der Waals surface area (Å²) in [5.41, 5.74) is 0. The lowest BCUT2D eigenvalue weighted by molar-refractivity contribution is 0.668. The normalized spacial score (nSPS) is 7.71. The summed E-state index contributed by atoms with van der Waals surface area (Å²) in [6, 6.07) is 0.634. The zero-order valence-electron chi connectivity index (χ0n) is 5.23. The third kappa shape index (κ3) is 25.0. The number of hydrazine groups is 1. The first-order chi connectivity index (χ1) is 3.27. The lowest BCUT2D eigenvalue weighted by Crippen LogP contribution is -2.15. The Balaban J connectivity index is 0. The van der Waals surface area contributed by atoms with Crippen molar-refractivity contribution >= 4 is 0 Å². The Morgan fingerprint density at radius 3 is 1.43 bits per heavy atom. The first-order valence-corrected chi connectivity index (χ1v) is 2.28. The summed E-state index contributed by atoms with van der Waals surface area (Å²) in [7, 11) is 1.95. The third-order valence-corrected chi connectivity index (χ3v) is 0.577. The SMILES string of the molecule is CNC(C)C.NN. The molecular weight excluding hydrogens is 90.1 g/mol. The fourth-order valence-electron chi connectivity index (χ4n) is 0. The molecule has 0 aromatic carbocycles. The van der Waals surface area contributed by atoms with E-state index >= 15 is 0 Å². The number of hydrogen-bond donors (Lipinski definition) is 3. The minimum atomic E-state index is 0.634. The lowest BCUT2D eigenvalue weighted by Gasteiger charge is -1.95. The van der Waals surface area contributed by atoms with Crippen molar-refractivity contribution in [3.05, 3.63) is 0 Å². The first-order valence-electron chi connectivity index (χ1n) is 2.28. The summed E-state index contributed by atoms with van der Waals surface area (Å²) in [6.45, 7) is 4.22. The Kier molecular flexibility index (Phi) is 13.3. The second-order valence-electron chi connectivity index (χ2n) is 1.44. The molecule has 0 amide bonds. The molecule has 3 heteroatoms. The molecule has 0 fully saturated rings. The fourth-order valence-corrected chi connectivity index (χ4v) is 0. The third-order valence-electron chi connectivity index (χ3n) is 0.577. The van der Waals surface area contributed by atoms with Gasteiger partial charge in [-0.15, -0.1) is 0 Å². The summed E-state index contributed by atoms with van der Waals surface area (Å²) in [5, 5.41) is 3.03. The Morgan fingerprint density at radius 2 is 1.43 bits per heavy atom. The van der Waals surface area contributed by atoms with E-state index in [9.17, 15) is 0 Å². The molecule has 0 saturated carbocycles. The maximum absolute atomic E-state index is 4.00. The molecule has 0 aromatic heterocycles. The molecule has 5 N–H and O–H groups in total. The van der Waals surface area contributed by atoms with Gasteiger partial charge in [-0.3, -0.25) is 11.7 Å². The Hall–Kier alpha value is -0.120. The fraction of sp³-hybridized carbons (Fsp3) is 1.00. The molecule has 0 spiro atoms. The van der Waals surface area contributed by atoms with Gasteiger partial charge in [0, 0.05) is 6.04 Å². The van der Waals surface area contributed by atoms with Gasteiger partial charge in [0.1, 0.15) is 0 Å². The van der Waals surface area contributed by atoms with Crippen LogP contribution in [0.3, 0.4) is 0 Å². The van der Waals surface area contributed by atoms with Gasteiger partial charge in [-0.05, 0) is 7.05 Å². The van der Waals surface area contributed by atoms with Crippen molar-refractivity contribution < 1.29 is 0 Å². The van der Waals surface area contributed by atoms with Crippen LogP contribution in [0.15, 0.2) is 0 Å². The molecule has 0 aliphatic rings. The number of nitrogens with two attached hydrogens (primary N) is 2. The molecule has 3 nitrogen and oxygen atoms in total. The second kappa shape index (κ2) is 9.30. The smallest absolute Gasteiger partial charge is 0.000733 e. The lowest BCUT2D eigenvalue weighted by atomic mass is 10.4. The van der Waals surface area contributed by atoms with Gasteiger partial charge in [0.05, 0.1) is 0 Å². The Labute approximate surface area is 45.0 Å². The van der Waals surface area contributed by atoms with Gasteiger partial charge in [0.15, 0.2) is 0 Å². The zero-order valence-corrected chi connectivity index (χ0v) is 5.23. The second-order valence-corrected chi connectivity index (χ2v) is 1.44. The highest BCUT2D eigenvalue weighted by Crippen LogP contribution is 1.66. The molecule has 0 aliphatic heterocycles. The standard InChI is InChI=1S/C4H11N.H4N2/c1-4(2)5-3;1-2/h4-5H,1-3H3;1-2H2. The van der Waals surface area contributed by atoms with Crippen LogP contribution in [0.2, 0.25) is 0 Å². The monoisotopic (exact) mass is 105 g/mol. The molecular formula is C4H15N3. The maximum Gasteiger partial charge on any atom is 0.000733 e. The van der Waals surface area contributed by atoms with Crippen molar-refractivity contribution in [3.63, 3.8) is 0 Å². The Morgan fingerprint density at radius 1 is 1.29 bits per heavy atom. The Bertz CT molecular complexity index is 20.9. The molecule has 7 heavy (non-hydrogen) atoms. The van der Waals surface area contributed by atoms with Crippen LogP contribution in [0.1, 0.15) is 13.8 Å². The van der Waals surface area contributed by atoms with Gasteiger partial charge in [-0.2, -0.15) is 0 Å². The highest BCUT2D eigenvalue weighted by atomic mass is 15.0. The average Bonchev–Trinajstić information content (AvgIpc) is 1.73. The predicted molar refractivity (Wildman–Crippen MR) is 32.6 cm³/mol. The van der Waals surface area contributed by atoms with E-state index in [1.54, 1.807) is 0 Å². The predicted octanol–water partition coefficient (Wildman–Crippen LogP) is -0.567. The van der Waals surface area contributed by atoms with Crippen molar-refractivity contribution in [2.24, 2.45) is 11.7 Å². The highest BCUT2D eigenvalue weighted by molar-refractivity contribution is 4.40. The molecule has 0 saturated heterocycles. The molecule has 0 aliphatic carbocycles. The van der Waals surface area contributed by atoms with E-state index in [1.165, 1.54) is 0 Å². The number of nitrogens with one attached hydrogen (secondary N) is 1. The zero-order chi connectivity index (χ0) is 6.28. The molecule has 0 atom stereocenters. The average molecular weight is 105 g/mol. The van der Waals surface area contributed by atoms with Crippen LogP contribution >= 0.6 is 0 Å². The molecule has 0 rings (SSSR count). The van der Waals surface area contributed by atoms with E-state index in [1.807, 2.05) is 7.05 Å². The van der Waals surface area contributed by atoms with Crippen LogP contribution in [0, 0.1) is 0 Å². The van der Waals surface area contributed by atoms with Crippen LogP contribution in [0.25, 0.3) is 0 Å². The van der Waals surface area contributed by atoms with Crippen molar-refractivity contribution in [2.45, 2.75) is 19.9 Å². The van der Waals surface area contributed by atoms with E-state index in [0.29, 0.717) is 6.04 Å². The molecule has 0 aromatic rings. The molecule has 0 unspecified atom stereocenters. The molecule has 0 heterocycles. The minimum Gasteiger partial charge on any atom is -0.318 e. The van der Waals surface area contributed by atoms with Crippen molar-refractivity contribution in [1.82, 2.24) is 5.32 Å². The molecule has 0 radical (unpaired) electrons. The van der Waals surface area contributed by atoms with Gasteiger partial charge in [0.2, 0.25) is 0 Å². The van der Waals surface area contributed by atoms with Crippen molar-refractivity contribution in [2.75, 3.05) is 7.05 Å².